The molecule has 3 aromatic heterocycles. The van der Waals surface area contributed by atoms with Crippen LogP contribution >= 0.6 is 0 Å². The molecule has 29 heavy (non-hydrogen) atoms. The summed E-state index contributed by atoms with van der Waals surface area (Å²) in [5, 5.41) is 12.5. The van der Waals surface area contributed by atoms with E-state index in [4.69, 9.17) is 4.74 Å². The van der Waals surface area contributed by atoms with Gasteiger partial charge in [0.1, 0.15) is 5.75 Å². The van der Waals surface area contributed by atoms with E-state index in [-0.39, 0.29) is 11.6 Å². The number of ether oxygens (including phenoxy) is 1. The molecular weight excluding hydrogens is 383 g/mol. The zero-order valence-corrected chi connectivity index (χ0v) is 15.6. The van der Waals surface area contributed by atoms with E-state index in [0.29, 0.717) is 34.6 Å². The number of hydrogen-bond acceptors (Lipinski definition) is 5. The Hall–Kier alpha value is -3.49. The van der Waals surface area contributed by atoms with Crippen molar-refractivity contribution in [1.29, 1.82) is 0 Å². The highest BCUT2D eigenvalue weighted by molar-refractivity contribution is 5.71. The molecule has 0 radical (unpaired) electrons. The topological polar surface area (TPSA) is 65.2 Å². The van der Waals surface area contributed by atoms with E-state index in [1.165, 1.54) is 10.6 Å². The van der Waals surface area contributed by atoms with Crippen molar-refractivity contribution in [3.63, 3.8) is 0 Å². The number of alkyl halides is 3. The Labute approximate surface area is 164 Å². The number of benzene rings is 1. The normalized spacial score (nSPS) is 11.8. The van der Waals surface area contributed by atoms with Crippen molar-refractivity contribution in [1.82, 2.24) is 24.8 Å². The highest BCUT2D eigenvalue weighted by Gasteiger charge is 2.31. The molecule has 1 aromatic carbocycles. The molecule has 148 valence electrons. The van der Waals surface area contributed by atoms with Gasteiger partial charge >= 0.3 is 6.18 Å². The van der Waals surface area contributed by atoms with Crippen molar-refractivity contribution in [3.05, 3.63) is 65.7 Å². The van der Waals surface area contributed by atoms with Crippen LogP contribution in [0.1, 0.15) is 23.9 Å². The Balaban J connectivity index is 1.85. The van der Waals surface area contributed by atoms with Gasteiger partial charge in [-0.3, -0.25) is 4.98 Å². The van der Waals surface area contributed by atoms with Crippen LogP contribution in [0.15, 0.2) is 48.8 Å². The molecule has 0 atom stereocenters. The van der Waals surface area contributed by atoms with Gasteiger partial charge in [-0.05, 0) is 37.3 Å². The summed E-state index contributed by atoms with van der Waals surface area (Å²) in [6, 6.07) is 8.55. The molecule has 4 rings (SSSR count). The Bertz CT molecular complexity index is 1170. The van der Waals surface area contributed by atoms with Gasteiger partial charge in [0.2, 0.25) is 5.88 Å². The Morgan fingerprint density at radius 1 is 1.10 bits per heavy atom. The van der Waals surface area contributed by atoms with Crippen LogP contribution in [0.25, 0.3) is 16.8 Å². The number of rotatable bonds is 4. The summed E-state index contributed by atoms with van der Waals surface area (Å²) in [5.41, 5.74) is 1.48. The second-order valence-electron chi connectivity index (χ2n) is 6.42. The third kappa shape index (κ3) is 3.63. The summed E-state index contributed by atoms with van der Waals surface area (Å²) >= 11 is 0. The van der Waals surface area contributed by atoms with Gasteiger partial charge in [-0.15, -0.1) is 15.3 Å². The zero-order chi connectivity index (χ0) is 20.6. The quantitative estimate of drug-likeness (QED) is 0.490. The lowest BCUT2D eigenvalue weighted by molar-refractivity contribution is -0.137. The summed E-state index contributed by atoms with van der Waals surface area (Å²) in [4.78, 5) is 4.04. The molecule has 0 aliphatic rings. The first-order chi connectivity index (χ1) is 13.9. The van der Waals surface area contributed by atoms with E-state index >= 15 is 0 Å². The third-order valence-corrected chi connectivity index (χ3v) is 4.41. The first-order valence-corrected chi connectivity index (χ1v) is 8.88. The average molecular weight is 399 g/mol. The molecular formula is C20H16F3N5O. The van der Waals surface area contributed by atoms with Crippen LogP contribution in [0, 0.1) is 6.92 Å². The van der Waals surface area contributed by atoms with E-state index in [2.05, 4.69) is 20.3 Å². The van der Waals surface area contributed by atoms with Crippen LogP contribution in [0.3, 0.4) is 0 Å². The van der Waals surface area contributed by atoms with Crippen molar-refractivity contribution < 1.29 is 17.9 Å². The standard InChI is InChI=1S/C20H16F3N5O/c1-3-17-25-26-18-9-12(2)19(27-28(17)18)29-16-10-14(20(21,22)23)6-7-15(16)13-5-4-8-24-11-13/h4-11H,3H2,1-2H3. The predicted molar refractivity (Wildman–Crippen MR) is 99.6 cm³/mol. The summed E-state index contributed by atoms with van der Waals surface area (Å²) in [6.45, 7) is 3.66. The summed E-state index contributed by atoms with van der Waals surface area (Å²) < 4.78 is 47.3. The summed E-state index contributed by atoms with van der Waals surface area (Å²) in [6.07, 6.45) is -0.747. The maximum Gasteiger partial charge on any atom is 0.416 e. The van der Waals surface area contributed by atoms with Crippen LogP contribution in [0.2, 0.25) is 0 Å². The molecule has 0 fully saturated rings. The van der Waals surface area contributed by atoms with E-state index < -0.39 is 11.7 Å². The summed E-state index contributed by atoms with van der Waals surface area (Å²) in [7, 11) is 0. The lowest BCUT2D eigenvalue weighted by Crippen LogP contribution is -2.06. The second-order valence-corrected chi connectivity index (χ2v) is 6.42. The minimum Gasteiger partial charge on any atom is -0.437 e. The molecule has 0 aliphatic heterocycles. The van der Waals surface area contributed by atoms with E-state index in [1.807, 2.05) is 6.92 Å². The lowest BCUT2D eigenvalue weighted by Gasteiger charge is -2.15. The molecule has 0 spiro atoms. The molecule has 6 nitrogen and oxygen atoms in total. The van der Waals surface area contributed by atoms with E-state index in [1.54, 1.807) is 37.5 Å². The van der Waals surface area contributed by atoms with Gasteiger partial charge in [0.15, 0.2) is 11.5 Å². The summed E-state index contributed by atoms with van der Waals surface area (Å²) in [5.74, 6) is 0.840. The van der Waals surface area contributed by atoms with Gasteiger partial charge in [-0.2, -0.15) is 17.7 Å². The number of halogens is 3. The monoisotopic (exact) mass is 399 g/mol. The van der Waals surface area contributed by atoms with Gasteiger partial charge in [0.25, 0.3) is 0 Å². The molecule has 0 saturated heterocycles. The zero-order valence-electron chi connectivity index (χ0n) is 15.6. The van der Waals surface area contributed by atoms with E-state index in [0.717, 1.165) is 12.1 Å². The van der Waals surface area contributed by atoms with Crippen molar-refractivity contribution in [2.24, 2.45) is 0 Å². The van der Waals surface area contributed by atoms with Crippen LogP contribution in [0.5, 0.6) is 11.6 Å². The van der Waals surface area contributed by atoms with Gasteiger partial charge in [0, 0.05) is 35.5 Å². The maximum absolute atomic E-state index is 13.3. The number of fused-ring (bicyclic) bond motifs is 1. The van der Waals surface area contributed by atoms with E-state index in [9.17, 15) is 13.2 Å². The fourth-order valence-corrected chi connectivity index (χ4v) is 2.92. The van der Waals surface area contributed by atoms with Gasteiger partial charge in [-0.25, -0.2) is 0 Å². The molecule has 0 aliphatic carbocycles. The Morgan fingerprint density at radius 2 is 1.93 bits per heavy atom. The average Bonchev–Trinajstić information content (AvgIpc) is 3.10. The largest absolute Gasteiger partial charge is 0.437 e. The van der Waals surface area contributed by atoms with Crippen molar-refractivity contribution >= 4 is 5.65 Å². The molecule has 4 aromatic rings. The van der Waals surface area contributed by atoms with Gasteiger partial charge < -0.3 is 4.74 Å². The lowest BCUT2D eigenvalue weighted by atomic mass is 10.0. The molecule has 0 saturated carbocycles. The molecule has 0 unspecified atom stereocenters. The highest BCUT2D eigenvalue weighted by Crippen LogP contribution is 2.39. The minimum atomic E-state index is -4.50. The van der Waals surface area contributed by atoms with Gasteiger partial charge in [0.05, 0.1) is 5.56 Å². The number of nitrogens with zero attached hydrogens (tertiary/aromatic N) is 5. The molecule has 0 amide bonds. The van der Waals surface area contributed by atoms with Crippen molar-refractivity contribution in [2.45, 2.75) is 26.4 Å². The number of aryl methyl sites for hydroxylation is 2. The van der Waals surface area contributed by atoms with Gasteiger partial charge in [-0.1, -0.05) is 13.0 Å². The van der Waals surface area contributed by atoms with Crippen LogP contribution in [0.4, 0.5) is 13.2 Å². The van der Waals surface area contributed by atoms with Crippen LogP contribution in [-0.4, -0.2) is 24.8 Å². The minimum absolute atomic E-state index is 0.0360. The molecule has 3 heterocycles. The predicted octanol–water partition coefficient (Wildman–Crippen LogP) is 4.87. The third-order valence-electron chi connectivity index (χ3n) is 4.41. The molecule has 0 bridgehead atoms. The van der Waals surface area contributed by atoms with Crippen molar-refractivity contribution in [2.75, 3.05) is 0 Å². The maximum atomic E-state index is 13.3. The number of hydrogen-bond donors (Lipinski definition) is 0. The smallest absolute Gasteiger partial charge is 0.416 e. The number of pyridine rings is 1. The molecule has 0 N–H and O–H groups in total. The SMILES string of the molecule is CCc1nnc2cc(C)c(Oc3cc(C(F)(F)F)ccc3-c3cccnc3)nn12. The van der Waals surface area contributed by atoms with Crippen LogP contribution < -0.4 is 4.74 Å². The molecule has 9 heteroatoms. The highest BCUT2D eigenvalue weighted by atomic mass is 19.4. The number of aromatic nitrogens is 5. The fraction of sp³-hybridized carbons (Fsp3) is 0.200. The van der Waals surface area contributed by atoms with Crippen molar-refractivity contribution in [3.8, 4) is 22.8 Å². The fourth-order valence-electron chi connectivity index (χ4n) is 2.92. The Morgan fingerprint density at radius 3 is 2.62 bits per heavy atom. The van der Waals surface area contributed by atoms with Crippen LogP contribution in [-0.2, 0) is 12.6 Å². The second kappa shape index (κ2) is 7.16. The Kier molecular flexibility index (Phi) is 4.65. The first kappa shape index (κ1) is 18.9. The first-order valence-electron chi connectivity index (χ1n) is 8.88.